The van der Waals surface area contributed by atoms with Crippen molar-refractivity contribution < 1.29 is 9.53 Å². The molecule has 3 N–H and O–H groups in total. The van der Waals surface area contributed by atoms with Crippen LogP contribution in [-0.4, -0.2) is 38.6 Å². The molecule has 1 aromatic carbocycles. The molecule has 7 nitrogen and oxygen atoms in total. The van der Waals surface area contributed by atoms with Gasteiger partial charge in [-0.2, -0.15) is 0 Å². The number of nitrogens with zero attached hydrogens (tertiary/aromatic N) is 3. The maximum Gasteiger partial charge on any atom is 0.192 e. The van der Waals surface area contributed by atoms with Crippen molar-refractivity contribution in [2.24, 2.45) is 0 Å². The number of fused-ring (bicyclic) bond motifs is 1. The zero-order valence-electron chi connectivity index (χ0n) is 11.7. The van der Waals surface area contributed by atoms with Gasteiger partial charge in [-0.3, -0.25) is 4.79 Å². The summed E-state index contributed by atoms with van der Waals surface area (Å²) in [5.74, 6) is 1.24. The van der Waals surface area contributed by atoms with Crippen LogP contribution in [0.3, 0.4) is 0 Å². The normalized spacial score (nSPS) is 10.8. The Morgan fingerprint density at radius 3 is 2.82 bits per heavy atom. The summed E-state index contributed by atoms with van der Waals surface area (Å²) in [7, 11) is 1.58. The molecule has 0 saturated heterocycles. The van der Waals surface area contributed by atoms with Crippen LogP contribution >= 0.6 is 11.8 Å². The number of ether oxygens (including phenoxy) is 1. The molecular weight excluding hydrogens is 302 g/mol. The highest BCUT2D eigenvalue weighted by Crippen LogP contribution is 2.21. The van der Waals surface area contributed by atoms with Crippen LogP contribution in [-0.2, 0) is 0 Å². The summed E-state index contributed by atoms with van der Waals surface area (Å²) in [4.78, 5) is 27.5. The zero-order chi connectivity index (χ0) is 15.5. The SMILES string of the molecule is COc1ccc(C(=O)CSc2nc(N)c3[nH]cnc3n2)cc1. The van der Waals surface area contributed by atoms with Crippen LogP contribution in [0.2, 0.25) is 0 Å². The number of imidazole rings is 1. The number of Topliss-reactive ketones (excluding diaryl/α,β-unsaturated/α-hetero) is 1. The van der Waals surface area contributed by atoms with Crippen molar-refractivity contribution in [3.8, 4) is 5.75 Å². The quantitative estimate of drug-likeness (QED) is 0.421. The Hall–Kier alpha value is -2.61. The second-order valence-corrected chi connectivity index (χ2v) is 5.38. The van der Waals surface area contributed by atoms with E-state index in [0.29, 0.717) is 33.5 Å². The van der Waals surface area contributed by atoms with Crippen molar-refractivity contribution in [2.75, 3.05) is 18.6 Å². The first-order valence-corrected chi connectivity index (χ1v) is 7.42. The lowest BCUT2D eigenvalue weighted by Crippen LogP contribution is -2.04. The summed E-state index contributed by atoms with van der Waals surface area (Å²) >= 11 is 1.23. The molecule has 0 bridgehead atoms. The van der Waals surface area contributed by atoms with Gasteiger partial charge in [-0.05, 0) is 24.3 Å². The summed E-state index contributed by atoms with van der Waals surface area (Å²) in [5.41, 5.74) is 7.52. The van der Waals surface area contributed by atoms with Gasteiger partial charge in [-0.25, -0.2) is 15.0 Å². The van der Waals surface area contributed by atoms with E-state index in [0.717, 1.165) is 0 Å². The topological polar surface area (TPSA) is 107 Å². The third-order valence-corrected chi connectivity index (χ3v) is 3.88. The maximum atomic E-state index is 12.1. The molecule has 3 rings (SSSR count). The van der Waals surface area contributed by atoms with E-state index in [4.69, 9.17) is 10.5 Å². The number of nitrogens with two attached hydrogens (primary N) is 1. The van der Waals surface area contributed by atoms with E-state index >= 15 is 0 Å². The number of thioether (sulfide) groups is 1. The number of carbonyl (C=O) groups is 1. The summed E-state index contributed by atoms with van der Waals surface area (Å²) in [6, 6.07) is 6.96. The second-order valence-electron chi connectivity index (χ2n) is 4.43. The number of rotatable bonds is 5. The Bertz CT molecular complexity index is 816. The zero-order valence-corrected chi connectivity index (χ0v) is 12.6. The molecule has 3 aromatic rings. The Morgan fingerprint density at radius 2 is 2.09 bits per heavy atom. The number of ketones is 1. The third-order valence-electron chi connectivity index (χ3n) is 3.04. The van der Waals surface area contributed by atoms with Gasteiger partial charge in [-0.1, -0.05) is 11.8 Å². The second kappa shape index (κ2) is 6.02. The highest BCUT2D eigenvalue weighted by Gasteiger charge is 2.11. The van der Waals surface area contributed by atoms with Gasteiger partial charge in [0.1, 0.15) is 11.3 Å². The summed E-state index contributed by atoms with van der Waals surface area (Å²) < 4.78 is 5.06. The fourth-order valence-corrected chi connectivity index (χ4v) is 2.63. The summed E-state index contributed by atoms with van der Waals surface area (Å²) in [6.07, 6.45) is 1.51. The smallest absolute Gasteiger partial charge is 0.192 e. The van der Waals surface area contributed by atoms with Gasteiger partial charge in [0.05, 0.1) is 19.2 Å². The van der Waals surface area contributed by atoms with E-state index in [9.17, 15) is 4.79 Å². The minimum atomic E-state index is -0.0167. The average molecular weight is 315 g/mol. The number of aromatic nitrogens is 4. The first-order valence-electron chi connectivity index (χ1n) is 6.44. The van der Waals surface area contributed by atoms with E-state index in [1.165, 1.54) is 18.1 Å². The Balaban J connectivity index is 1.71. The van der Waals surface area contributed by atoms with E-state index in [1.807, 2.05) is 0 Å². The van der Waals surface area contributed by atoms with Crippen LogP contribution in [0, 0.1) is 0 Å². The average Bonchev–Trinajstić information content (AvgIpc) is 3.02. The molecule has 112 valence electrons. The number of hydrogen-bond acceptors (Lipinski definition) is 7. The van der Waals surface area contributed by atoms with Crippen LogP contribution < -0.4 is 10.5 Å². The first-order chi connectivity index (χ1) is 10.7. The van der Waals surface area contributed by atoms with Crippen LogP contribution in [0.4, 0.5) is 5.82 Å². The molecule has 22 heavy (non-hydrogen) atoms. The highest BCUT2D eigenvalue weighted by molar-refractivity contribution is 7.99. The molecule has 0 unspecified atom stereocenters. The number of H-pyrrole nitrogens is 1. The lowest BCUT2D eigenvalue weighted by molar-refractivity contribution is 0.102. The van der Waals surface area contributed by atoms with Crippen molar-refractivity contribution in [2.45, 2.75) is 5.16 Å². The minimum Gasteiger partial charge on any atom is -0.497 e. The Labute approximate surface area is 130 Å². The van der Waals surface area contributed by atoms with Gasteiger partial charge in [0, 0.05) is 5.56 Å². The summed E-state index contributed by atoms with van der Waals surface area (Å²) in [5, 5.41) is 0.430. The number of anilines is 1. The van der Waals surface area contributed by atoms with Crippen LogP contribution in [0.1, 0.15) is 10.4 Å². The number of aromatic amines is 1. The van der Waals surface area contributed by atoms with Crippen LogP contribution in [0.15, 0.2) is 35.7 Å². The molecule has 0 fully saturated rings. The minimum absolute atomic E-state index is 0.0167. The molecule has 0 saturated carbocycles. The van der Waals surface area contributed by atoms with Gasteiger partial charge >= 0.3 is 0 Å². The number of methoxy groups -OCH3 is 1. The Morgan fingerprint density at radius 1 is 1.32 bits per heavy atom. The number of benzene rings is 1. The number of hydrogen-bond donors (Lipinski definition) is 2. The van der Waals surface area contributed by atoms with Gasteiger partial charge in [-0.15, -0.1) is 0 Å². The predicted octanol–water partition coefficient (Wildman–Crippen LogP) is 1.92. The molecule has 8 heteroatoms. The predicted molar refractivity (Wildman–Crippen MR) is 84.1 cm³/mol. The van der Waals surface area contributed by atoms with E-state index < -0.39 is 0 Å². The van der Waals surface area contributed by atoms with Crippen molar-refractivity contribution in [1.82, 2.24) is 19.9 Å². The largest absolute Gasteiger partial charge is 0.497 e. The fourth-order valence-electron chi connectivity index (χ4n) is 1.89. The lowest BCUT2D eigenvalue weighted by Gasteiger charge is -2.03. The van der Waals surface area contributed by atoms with Crippen molar-refractivity contribution >= 4 is 34.5 Å². The van der Waals surface area contributed by atoms with Gasteiger partial charge in [0.25, 0.3) is 0 Å². The third kappa shape index (κ3) is 2.86. The first kappa shape index (κ1) is 14.3. The molecule has 0 spiro atoms. The number of carbonyl (C=O) groups excluding carboxylic acids is 1. The number of nitrogens with one attached hydrogen (secondary N) is 1. The molecule has 2 heterocycles. The number of nitrogen functional groups attached to an aromatic ring is 1. The van der Waals surface area contributed by atoms with E-state index in [1.54, 1.807) is 31.4 Å². The molecule has 2 aromatic heterocycles. The van der Waals surface area contributed by atoms with Gasteiger partial charge in [0.2, 0.25) is 0 Å². The maximum absolute atomic E-state index is 12.1. The van der Waals surface area contributed by atoms with Crippen molar-refractivity contribution in [3.05, 3.63) is 36.2 Å². The molecular formula is C14H13N5O2S. The lowest BCUT2D eigenvalue weighted by atomic mass is 10.1. The van der Waals surface area contributed by atoms with Crippen LogP contribution in [0.25, 0.3) is 11.2 Å². The molecule has 0 aliphatic carbocycles. The molecule has 0 amide bonds. The Kier molecular flexibility index (Phi) is 3.92. The van der Waals surface area contributed by atoms with Gasteiger partial charge in [0.15, 0.2) is 22.4 Å². The van der Waals surface area contributed by atoms with Gasteiger partial charge < -0.3 is 15.5 Å². The standard InChI is InChI=1S/C14H13N5O2S/c1-21-9-4-2-8(3-5-9)10(20)6-22-14-18-12(15)11-13(19-14)17-7-16-11/h2-5,7H,6H2,1H3,(H3,15,16,17,18,19). The fraction of sp³-hybridized carbons (Fsp3) is 0.143. The molecule has 0 aliphatic heterocycles. The molecule has 0 radical (unpaired) electrons. The van der Waals surface area contributed by atoms with E-state index in [-0.39, 0.29) is 11.5 Å². The monoisotopic (exact) mass is 315 g/mol. The molecule has 0 atom stereocenters. The summed E-state index contributed by atoms with van der Waals surface area (Å²) in [6.45, 7) is 0. The van der Waals surface area contributed by atoms with Crippen molar-refractivity contribution in [1.29, 1.82) is 0 Å². The molecule has 0 aliphatic rings. The van der Waals surface area contributed by atoms with E-state index in [2.05, 4.69) is 19.9 Å². The van der Waals surface area contributed by atoms with Crippen LogP contribution in [0.5, 0.6) is 5.75 Å². The highest BCUT2D eigenvalue weighted by atomic mass is 32.2. The van der Waals surface area contributed by atoms with Crippen molar-refractivity contribution in [3.63, 3.8) is 0 Å².